The first-order chi connectivity index (χ1) is 12.4. The van der Waals surface area contributed by atoms with E-state index >= 15 is 0 Å². The van der Waals surface area contributed by atoms with Gasteiger partial charge in [-0.3, -0.25) is 0 Å². The van der Waals surface area contributed by atoms with Gasteiger partial charge in [-0.05, 0) is 59.2 Å². The van der Waals surface area contributed by atoms with Crippen LogP contribution in [0.3, 0.4) is 0 Å². The summed E-state index contributed by atoms with van der Waals surface area (Å²) in [6, 6.07) is 7.94. The van der Waals surface area contributed by atoms with E-state index in [2.05, 4.69) is 17.2 Å². The van der Waals surface area contributed by atoms with Crippen molar-refractivity contribution in [2.24, 2.45) is 0 Å². The van der Waals surface area contributed by atoms with Gasteiger partial charge >= 0.3 is 12.1 Å². The molecule has 0 saturated carbocycles. The number of esters is 1. The van der Waals surface area contributed by atoms with E-state index in [0.29, 0.717) is 5.56 Å². The molecule has 1 atom stereocenters. The van der Waals surface area contributed by atoms with Gasteiger partial charge < -0.3 is 14.8 Å². The topological polar surface area (TPSA) is 88.4 Å². The summed E-state index contributed by atoms with van der Waals surface area (Å²) in [6.07, 6.45) is -0.449. The molecule has 0 aromatic heterocycles. The lowest BCUT2D eigenvalue weighted by Gasteiger charge is -2.26. The minimum atomic E-state index is -0.893. The van der Waals surface area contributed by atoms with Gasteiger partial charge in [-0.2, -0.15) is 5.26 Å². The van der Waals surface area contributed by atoms with Crippen molar-refractivity contribution in [3.63, 3.8) is 0 Å². The normalized spacial score (nSPS) is 12.0. The Bertz CT molecular complexity index is 766. The summed E-state index contributed by atoms with van der Waals surface area (Å²) in [6.45, 7) is 10.5. The van der Waals surface area contributed by atoms with Gasteiger partial charge in [0.2, 0.25) is 0 Å². The Hall–Kier alpha value is -2.99. The molecule has 0 bridgehead atoms. The van der Waals surface area contributed by atoms with Crippen molar-refractivity contribution in [3.8, 4) is 17.9 Å². The van der Waals surface area contributed by atoms with E-state index in [1.54, 1.807) is 71.9 Å². The maximum absolute atomic E-state index is 12.5. The molecule has 0 fully saturated rings. The minimum absolute atomic E-state index is 0.236. The molecule has 1 rings (SSSR count). The highest BCUT2D eigenvalue weighted by atomic mass is 16.6. The van der Waals surface area contributed by atoms with Crippen molar-refractivity contribution in [3.05, 3.63) is 35.4 Å². The zero-order chi connectivity index (χ0) is 20.7. The van der Waals surface area contributed by atoms with Crippen LogP contribution in [0, 0.1) is 23.2 Å². The van der Waals surface area contributed by atoms with Crippen molar-refractivity contribution < 1.29 is 19.1 Å². The number of hydrogen-bond donors (Lipinski definition) is 1. The maximum Gasteiger partial charge on any atom is 0.408 e. The number of carbonyl (C=O) groups excluding carboxylic acids is 2. The quantitative estimate of drug-likeness (QED) is 0.649. The fourth-order valence-electron chi connectivity index (χ4n) is 2.08. The van der Waals surface area contributed by atoms with Crippen LogP contribution < -0.4 is 5.32 Å². The zero-order valence-corrected chi connectivity index (χ0v) is 16.7. The number of nitrogens with zero attached hydrogens (tertiary/aromatic N) is 1. The number of carbonyl (C=O) groups is 2. The van der Waals surface area contributed by atoms with E-state index in [1.165, 1.54) is 0 Å². The Morgan fingerprint density at radius 1 is 1.04 bits per heavy atom. The number of rotatable bonds is 4. The Morgan fingerprint density at radius 2 is 1.59 bits per heavy atom. The Morgan fingerprint density at radius 3 is 2.07 bits per heavy atom. The van der Waals surface area contributed by atoms with Crippen LogP contribution in [0.25, 0.3) is 0 Å². The van der Waals surface area contributed by atoms with Crippen LogP contribution in [0.1, 0.15) is 52.7 Å². The average Bonchev–Trinajstić information content (AvgIpc) is 2.50. The monoisotopic (exact) mass is 370 g/mol. The highest BCUT2D eigenvalue weighted by Gasteiger charge is 2.28. The minimum Gasteiger partial charge on any atom is -0.458 e. The van der Waals surface area contributed by atoms with Gasteiger partial charge in [0.1, 0.15) is 17.2 Å². The summed E-state index contributed by atoms with van der Waals surface area (Å²) in [7, 11) is 0. The molecule has 1 amide bonds. The molecule has 0 saturated heterocycles. The number of amides is 1. The van der Waals surface area contributed by atoms with Crippen LogP contribution in [0.15, 0.2) is 24.3 Å². The molecule has 0 aliphatic carbocycles. The van der Waals surface area contributed by atoms with E-state index < -0.39 is 29.3 Å². The molecular weight excluding hydrogens is 344 g/mol. The summed E-state index contributed by atoms with van der Waals surface area (Å²) < 4.78 is 10.7. The lowest BCUT2D eigenvalue weighted by molar-refractivity contribution is -0.157. The first-order valence-corrected chi connectivity index (χ1v) is 8.61. The van der Waals surface area contributed by atoms with Gasteiger partial charge in [-0.25, -0.2) is 9.59 Å². The SMILES string of the molecule is CC(C)(C)OC(=O)NC(Cc1ccc(C#CC#N)cc1)C(=O)OC(C)(C)C. The molecule has 0 radical (unpaired) electrons. The predicted octanol–water partition coefficient (Wildman–Crippen LogP) is 3.34. The summed E-state index contributed by atoms with van der Waals surface area (Å²) in [4.78, 5) is 24.6. The first kappa shape index (κ1) is 22.1. The van der Waals surface area contributed by atoms with Crippen LogP contribution in [0.5, 0.6) is 0 Å². The Labute approximate surface area is 160 Å². The van der Waals surface area contributed by atoms with Crippen molar-refractivity contribution in [2.45, 2.75) is 65.2 Å². The fraction of sp³-hybridized carbons (Fsp3) is 0.476. The molecule has 0 aliphatic rings. The Balaban J connectivity index is 2.95. The summed E-state index contributed by atoms with van der Waals surface area (Å²) in [5, 5.41) is 11.1. The predicted molar refractivity (Wildman–Crippen MR) is 102 cm³/mol. The number of nitrogens with one attached hydrogen (secondary N) is 1. The summed E-state index contributed by atoms with van der Waals surface area (Å²) >= 11 is 0. The molecule has 0 aliphatic heterocycles. The average molecular weight is 370 g/mol. The highest BCUT2D eigenvalue weighted by molar-refractivity contribution is 5.82. The van der Waals surface area contributed by atoms with E-state index in [-0.39, 0.29) is 6.42 Å². The van der Waals surface area contributed by atoms with Gasteiger partial charge in [0.05, 0.1) is 0 Å². The van der Waals surface area contributed by atoms with Crippen molar-refractivity contribution in [1.82, 2.24) is 5.32 Å². The second kappa shape index (κ2) is 9.09. The maximum atomic E-state index is 12.5. The first-order valence-electron chi connectivity index (χ1n) is 8.61. The molecule has 0 heterocycles. The molecular formula is C21H26N2O4. The van der Waals surface area contributed by atoms with E-state index in [9.17, 15) is 9.59 Å². The van der Waals surface area contributed by atoms with E-state index in [4.69, 9.17) is 14.7 Å². The zero-order valence-electron chi connectivity index (χ0n) is 16.7. The lowest BCUT2D eigenvalue weighted by atomic mass is 10.0. The van der Waals surface area contributed by atoms with Crippen molar-refractivity contribution >= 4 is 12.1 Å². The van der Waals surface area contributed by atoms with Gasteiger partial charge in [-0.15, -0.1) is 0 Å². The summed E-state index contributed by atoms with van der Waals surface area (Å²) in [5.41, 5.74) is 0.143. The van der Waals surface area contributed by atoms with Crippen LogP contribution in [-0.4, -0.2) is 29.3 Å². The van der Waals surface area contributed by atoms with Crippen LogP contribution >= 0.6 is 0 Å². The van der Waals surface area contributed by atoms with Crippen molar-refractivity contribution in [1.29, 1.82) is 5.26 Å². The van der Waals surface area contributed by atoms with Gasteiger partial charge in [-0.1, -0.05) is 18.1 Å². The lowest BCUT2D eigenvalue weighted by Crippen LogP contribution is -2.47. The van der Waals surface area contributed by atoms with Gasteiger partial charge in [0.15, 0.2) is 6.07 Å². The van der Waals surface area contributed by atoms with Gasteiger partial charge in [0, 0.05) is 17.9 Å². The van der Waals surface area contributed by atoms with Crippen LogP contribution in [0.4, 0.5) is 4.79 Å². The molecule has 1 aromatic rings. The Kier molecular flexibility index (Phi) is 7.43. The van der Waals surface area contributed by atoms with Crippen molar-refractivity contribution in [2.75, 3.05) is 0 Å². The largest absolute Gasteiger partial charge is 0.458 e. The molecule has 6 heteroatoms. The molecule has 1 unspecified atom stereocenters. The third-order valence-corrected chi connectivity index (χ3v) is 3.04. The van der Waals surface area contributed by atoms with Gasteiger partial charge in [0.25, 0.3) is 0 Å². The van der Waals surface area contributed by atoms with Crippen LogP contribution in [0.2, 0.25) is 0 Å². The number of benzene rings is 1. The third-order valence-electron chi connectivity index (χ3n) is 3.04. The molecule has 27 heavy (non-hydrogen) atoms. The fourth-order valence-corrected chi connectivity index (χ4v) is 2.08. The highest BCUT2D eigenvalue weighted by Crippen LogP contribution is 2.13. The number of nitriles is 1. The standard InChI is InChI=1S/C21H26N2O4/c1-20(2,3)26-18(24)17(23-19(25)27-21(4,5)6)14-16-11-9-15(10-12-16)8-7-13-22/h9-12,17H,14H2,1-6H3,(H,23,25). The second-order valence-corrected chi connectivity index (χ2v) is 8.00. The number of hydrogen-bond acceptors (Lipinski definition) is 5. The molecule has 6 nitrogen and oxygen atoms in total. The molecule has 1 N–H and O–H groups in total. The molecule has 1 aromatic carbocycles. The summed E-state index contributed by atoms with van der Waals surface area (Å²) in [5.74, 6) is 4.48. The molecule has 144 valence electrons. The number of ether oxygens (including phenoxy) is 2. The number of alkyl carbamates (subject to hydrolysis) is 1. The molecule has 0 spiro atoms. The van der Waals surface area contributed by atoms with Crippen LogP contribution in [-0.2, 0) is 20.7 Å². The second-order valence-electron chi connectivity index (χ2n) is 8.00. The smallest absolute Gasteiger partial charge is 0.408 e. The van der Waals surface area contributed by atoms with E-state index in [1.807, 2.05) is 0 Å². The third kappa shape index (κ3) is 9.32. The van der Waals surface area contributed by atoms with E-state index in [0.717, 1.165) is 5.56 Å².